The monoisotopic (exact) mass is 689 g/mol. The summed E-state index contributed by atoms with van der Waals surface area (Å²) in [5.74, 6) is 0.393. The molecule has 0 aliphatic carbocycles. The summed E-state index contributed by atoms with van der Waals surface area (Å²) in [6, 6.07) is 0.323. The number of Topliss-reactive ketones (excluding diaryl/α,β-unsaturated/α-hetero) is 1. The van der Waals surface area contributed by atoms with Crippen molar-refractivity contribution in [3.05, 3.63) is 17.1 Å². The highest BCUT2D eigenvalue weighted by Crippen LogP contribution is 2.45. The van der Waals surface area contributed by atoms with E-state index >= 15 is 0 Å². The molecule has 10 nitrogen and oxygen atoms in total. The van der Waals surface area contributed by atoms with Crippen LogP contribution in [0.1, 0.15) is 148 Å². The molecule has 1 aromatic heterocycles. The molecule has 2 rings (SSSR count). The summed E-state index contributed by atoms with van der Waals surface area (Å²) in [6.07, 6.45) is 21.5. The smallest absolute Gasteiger partial charge is 0.446 e. The van der Waals surface area contributed by atoms with E-state index in [2.05, 4.69) is 29.2 Å². The van der Waals surface area contributed by atoms with Gasteiger partial charge in [0.25, 0.3) is 0 Å². The van der Waals surface area contributed by atoms with Gasteiger partial charge in [-0.3, -0.25) is 13.8 Å². The van der Waals surface area contributed by atoms with Crippen LogP contribution < -0.4 is 9.88 Å². The first-order valence-electron chi connectivity index (χ1n) is 17.9. The highest BCUT2D eigenvalue weighted by molar-refractivity contribution is 7.47. The van der Waals surface area contributed by atoms with Crippen LogP contribution in [0.4, 0.5) is 4.79 Å². The molecule has 266 valence electrons. The second kappa shape index (κ2) is 24.7. The molecule has 1 aliphatic rings. The molecule has 3 unspecified atom stereocenters. The predicted octanol–water partition coefficient (Wildman–Crippen LogP) is 8.62. The molecule has 12 heteroatoms. The van der Waals surface area contributed by atoms with Gasteiger partial charge in [-0.1, -0.05) is 89.4 Å². The van der Waals surface area contributed by atoms with Crippen molar-refractivity contribution in [2.45, 2.75) is 154 Å². The van der Waals surface area contributed by atoms with Gasteiger partial charge in [-0.25, -0.2) is 9.36 Å². The van der Waals surface area contributed by atoms with E-state index in [1.807, 2.05) is 11.6 Å². The Bertz CT molecular complexity index is 974. The molecule has 1 aromatic rings. The van der Waals surface area contributed by atoms with Gasteiger partial charge in [0.2, 0.25) is 5.51 Å². The minimum atomic E-state index is -4.27. The van der Waals surface area contributed by atoms with Gasteiger partial charge in [0.1, 0.15) is 18.0 Å². The zero-order valence-electron chi connectivity index (χ0n) is 28.6. The Morgan fingerprint density at radius 3 is 2.24 bits per heavy atom. The largest absolute Gasteiger partial charge is 0.472 e. The third kappa shape index (κ3) is 18.8. The number of hydrogen-bond acceptors (Lipinski definition) is 8. The number of alkyl carbamates (subject to hydrolysis) is 1. The Hall–Kier alpha value is -1.36. The molecular formula is C34H62N2O8PS+. The number of carbonyl (C=O) groups is 2. The normalized spacial score (nSPS) is 18.3. The molecule has 1 fully saturated rings. The first kappa shape index (κ1) is 40.8. The predicted molar refractivity (Wildman–Crippen MR) is 182 cm³/mol. The number of nitrogens with one attached hydrogen (secondary N) is 1. The zero-order chi connectivity index (χ0) is 33.4. The highest BCUT2D eigenvalue weighted by Gasteiger charge is 2.40. The zero-order valence-corrected chi connectivity index (χ0v) is 30.3. The molecule has 3 atom stereocenters. The fourth-order valence-electron chi connectivity index (χ4n) is 5.77. The maximum absolute atomic E-state index is 12.5. The Kier molecular flexibility index (Phi) is 21.9. The second-order valence-corrected chi connectivity index (χ2v) is 14.9. The number of phosphoric acid groups is 1. The van der Waals surface area contributed by atoms with Crippen molar-refractivity contribution in [1.82, 2.24) is 5.32 Å². The fourth-order valence-corrected chi connectivity index (χ4v) is 7.27. The summed E-state index contributed by atoms with van der Waals surface area (Å²) in [6.45, 7) is 5.17. The maximum atomic E-state index is 12.5. The third-order valence-electron chi connectivity index (χ3n) is 8.68. The lowest BCUT2D eigenvalue weighted by Crippen LogP contribution is -2.41. The molecule has 0 aromatic carbocycles. The van der Waals surface area contributed by atoms with Gasteiger partial charge in [0.15, 0.2) is 12.2 Å². The van der Waals surface area contributed by atoms with Crippen LogP contribution in [0.2, 0.25) is 0 Å². The number of phosphoric ester groups is 1. The quantitative estimate of drug-likeness (QED) is 0.0487. The van der Waals surface area contributed by atoms with E-state index in [1.54, 1.807) is 11.3 Å². The summed E-state index contributed by atoms with van der Waals surface area (Å²) in [5, 5.41) is 4.79. The molecule has 0 spiro atoms. The number of ether oxygens (including phenoxy) is 2. The fraction of sp³-hybridized carbons (Fsp3) is 0.853. The number of aromatic nitrogens is 1. The molecule has 0 bridgehead atoms. The van der Waals surface area contributed by atoms with Crippen LogP contribution in [0.25, 0.3) is 0 Å². The average molecular weight is 690 g/mol. The van der Waals surface area contributed by atoms with Crippen molar-refractivity contribution in [3.63, 3.8) is 0 Å². The summed E-state index contributed by atoms with van der Waals surface area (Å²) in [7, 11) is -4.27. The van der Waals surface area contributed by atoms with Gasteiger partial charge < -0.3 is 19.7 Å². The Labute approximate surface area is 281 Å². The number of thiazole rings is 1. The lowest BCUT2D eigenvalue weighted by atomic mass is 10.0. The van der Waals surface area contributed by atoms with Gasteiger partial charge in [0, 0.05) is 38.8 Å². The van der Waals surface area contributed by atoms with Crippen LogP contribution >= 0.6 is 19.2 Å². The van der Waals surface area contributed by atoms with Crippen LogP contribution in [0.15, 0.2) is 17.1 Å². The summed E-state index contributed by atoms with van der Waals surface area (Å²) < 4.78 is 36.4. The third-order valence-corrected chi connectivity index (χ3v) is 10.3. The Morgan fingerprint density at radius 2 is 1.63 bits per heavy atom. The van der Waals surface area contributed by atoms with E-state index in [0.29, 0.717) is 44.2 Å². The van der Waals surface area contributed by atoms with Gasteiger partial charge >= 0.3 is 13.9 Å². The molecule has 0 saturated carbocycles. The first-order valence-corrected chi connectivity index (χ1v) is 20.3. The molecule has 2 N–H and O–H groups in total. The van der Waals surface area contributed by atoms with E-state index in [0.717, 1.165) is 64.2 Å². The molecule has 46 heavy (non-hydrogen) atoms. The Morgan fingerprint density at radius 1 is 0.957 bits per heavy atom. The molecule has 0 radical (unpaired) electrons. The lowest BCUT2D eigenvalue weighted by molar-refractivity contribution is -0.719. The van der Waals surface area contributed by atoms with Crippen LogP contribution in [0.5, 0.6) is 0 Å². The highest BCUT2D eigenvalue weighted by atomic mass is 32.1. The minimum absolute atomic E-state index is 0.0676. The van der Waals surface area contributed by atoms with Crippen LogP contribution in [-0.2, 0) is 27.9 Å². The molecular weight excluding hydrogens is 627 g/mol. The van der Waals surface area contributed by atoms with E-state index < -0.39 is 19.5 Å². The van der Waals surface area contributed by atoms with Crippen molar-refractivity contribution in [1.29, 1.82) is 0 Å². The standard InChI is InChI=1S/C34H61N2O8PS/c1-3-5-6-7-8-9-11-14-20-32(37)21-15-12-10-13-16-23-35-33(38)41-28-34(22-18-25-42-34)29-44-45(39,40)43-26-17-19-31(4-2)36-24-27-46-30-36/h24,27,30-31H,3-23,25-26,28-29H2,1-2H3,(H-,35,38,39,40)/p+1. The molecule has 1 saturated heterocycles. The Balaban J connectivity index is 1.49. The van der Waals surface area contributed by atoms with E-state index in [9.17, 15) is 19.0 Å². The lowest BCUT2D eigenvalue weighted by Gasteiger charge is -2.28. The molecule has 2 heterocycles. The van der Waals surface area contributed by atoms with Crippen molar-refractivity contribution in [3.8, 4) is 0 Å². The topological polar surface area (TPSA) is 124 Å². The number of ketones is 1. The first-order chi connectivity index (χ1) is 22.3. The van der Waals surface area contributed by atoms with E-state index in [4.69, 9.17) is 18.5 Å². The van der Waals surface area contributed by atoms with Crippen molar-refractivity contribution < 1.29 is 42.1 Å². The number of unbranched alkanes of at least 4 members (excludes halogenated alkanes) is 11. The number of rotatable bonds is 29. The van der Waals surface area contributed by atoms with Gasteiger partial charge in [-0.05, 0) is 38.5 Å². The molecule has 1 amide bonds. The summed E-state index contributed by atoms with van der Waals surface area (Å²) in [4.78, 5) is 34.6. The van der Waals surface area contributed by atoms with Crippen molar-refractivity contribution >= 4 is 31.0 Å². The maximum Gasteiger partial charge on any atom is 0.472 e. The average Bonchev–Trinajstić information content (AvgIpc) is 3.75. The van der Waals surface area contributed by atoms with Crippen molar-refractivity contribution in [2.75, 3.05) is 33.0 Å². The van der Waals surface area contributed by atoms with E-state index in [1.165, 1.54) is 44.9 Å². The number of nitrogens with zero attached hydrogens (tertiary/aromatic N) is 1. The molecule has 1 aliphatic heterocycles. The van der Waals surface area contributed by atoms with Crippen LogP contribution in [-0.4, -0.2) is 55.3 Å². The van der Waals surface area contributed by atoms with Gasteiger partial charge in [0.05, 0.1) is 18.6 Å². The van der Waals surface area contributed by atoms with Crippen LogP contribution in [0, 0.1) is 0 Å². The number of carbonyl (C=O) groups excluding carboxylic acids is 2. The number of hydrogen-bond donors (Lipinski definition) is 2. The summed E-state index contributed by atoms with van der Waals surface area (Å²) in [5.41, 5.74) is 1.10. The van der Waals surface area contributed by atoms with Crippen LogP contribution in [0.3, 0.4) is 0 Å². The van der Waals surface area contributed by atoms with Gasteiger partial charge in [-0.2, -0.15) is 4.57 Å². The number of amides is 1. The SMILES string of the molecule is CCCCCCCCCCC(=O)CCCCCCCNC(=O)OCC1(COP(=O)(O)OCCCC(CC)[n+]2ccsc2)CCCO1. The van der Waals surface area contributed by atoms with Gasteiger partial charge in [-0.15, -0.1) is 0 Å². The summed E-state index contributed by atoms with van der Waals surface area (Å²) >= 11 is 1.63. The minimum Gasteiger partial charge on any atom is -0.446 e. The second-order valence-electron chi connectivity index (χ2n) is 12.7. The van der Waals surface area contributed by atoms with E-state index in [-0.39, 0.29) is 19.8 Å². The van der Waals surface area contributed by atoms with Crippen molar-refractivity contribution in [2.24, 2.45) is 0 Å².